The van der Waals surface area contributed by atoms with Crippen molar-refractivity contribution in [2.75, 3.05) is 10.6 Å². The van der Waals surface area contributed by atoms with E-state index < -0.39 is 12.0 Å². The van der Waals surface area contributed by atoms with E-state index in [-0.39, 0.29) is 24.7 Å². The van der Waals surface area contributed by atoms with Crippen LogP contribution in [0.1, 0.15) is 28.9 Å². The van der Waals surface area contributed by atoms with Crippen LogP contribution in [0.3, 0.4) is 0 Å². The number of carbonyl (C=O) groups excluding carboxylic acids is 2. The minimum absolute atomic E-state index is 0.0300. The van der Waals surface area contributed by atoms with Crippen molar-refractivity contribution in [3.63, 3.8) is 0 Å². The monoisotopic (exact) mass is 362 g/mol. The molecule has 1 aromatic carbocycles. The minimum Gasteiger partial charge on any atom is -0.480 e. The average Bonchev–Trinajstić information content (AvgIpc) is 2.92. The molecule has 1 unspecified atom stereocenters. The van der Waals surface area contributed by atoms with Gasteiger partial charge in [-0.25, -0.2) is 4.98 Å². The highest BCUT2D eigenvalue weighted by Gasteiger charge is 2.16. The molecule has 0 radical (unpaired) electrons. The molecule has 1 aromatic heterocycles. The average molecular weight is 362 g/mol. The summed E-state index contributed by atoms with van der Waals surface area (Å²) in [7, 11) is 0. The Morgan fingerprint density at radius 3 is 2.56 bits per heavy atom. The van der Waals surface area contributed by atoms with Gasteiger partial charge < -0.3 is 21.5 Å². The van der Waals surface area contributed by atoms with Crippen LogP contribution in [0.5, 0.6) is 0 Å². The highest BCUT2D eigenvalue weighted by atomic mass is 32.1. The SMILES string of the molecule is Cc1nc(NC(=O)CCC(N)C(=O)O)sc1NC(=O)c1ccccc1. The third kappa shape index (κ3) is 5.37. The number of carbonyl (C=O) groups is 3. The molecule has 0 aliphatic heterocycles. The molecular weight excluding hydrogens is 344 g/mol. The van der Waals surface area contributed by atoms with Crippen molar-refractivity contribution in [2.45, 2.75) is 25.8 Å². The largest absolute Gasteiger partial charge is 0.480 e. The zero-order chi connectivity index (χ0) is 18.4. The van der Waals surface area contributed by atoms with Crippen molar-refractivity contribution in [3.05, 3.63) is 41.6 Å². The molecule has 25 heavy (non-hydrogen) atoms. The van der Waals surface area contributed by atoms with Gasteiger partial charge in [-0.05, 0) is 25.5 Å². The molecule has 0 bridgehead atoms. The van der Waals surface area contributed by atoms with E-state index in [2.05, 4.69) is 15.6 Å². The van der Waals surface area contributed by atoms with Gasteiger partial charge in [0.15, 0.2) is 5.13 Å². The standard InChI is InChI=1S/C16H18N4O4S/c1-9-14(20-13(22)10-5-3-2-4-6-10)25-16(18-9)19-12(21)8-7-11(17)15(23)24/h2-6,11H,7-8,17H2,1H3,(H,20,22)(H,23,24)(H,18,19,21). The van der Waals surface area contributed by atoms with Gasteiger partial charge >= 0.3 is 5.97 Å². The minimum atomic E-state index is -1.15. The van der Waals surface area contributed by atoms with Crippen molar-refractivity contribution in [1.29, 1.82) is 0 Å². The number of amides is 2. The summed E-state index contributed by atoms with van der Waals surface area (Å²) in [5.74, 6) is -1.80. The fraction of sp³-hybridized carbons (Fsp3) is 0.250. The van der Waals surface area contributed by atoms with Crippen LogP contribution in [0.15, 0.2) is 30.3 Å². The maximum atomic E-state index is 12.1. The number of nitrogens with one attached hydrogen (secondary N) is 2. The smallest absolute Gasteiger partial charge is 0.320 e. The summed E-state index contributed by atoms with van der Waals surface area (Å²) in [4.78, 5) is 38.8. The molecule has 0 aliphatic carbocycles. The third-order valence-corrected chi connectivity index (χ3v) is 4.29. The molecule has 8 nitrogen and oxygen atoms in total. The van der Waals surface area contributed by atoms with E-state index >= 15 is 0 Å². The lowest BCUT2D eigenvalue weighted by Gasteiger charge is -2.05. The first-order chi connectivity index (χ1) is 11.9. The Morgan fingerprint density at radius 1 is 1.24 bits per heavy atom. The number of hydrogen-bond donors (Lipinski definition) is 4. The molecule has 1 atom stereocenters. The Hall–Kier alpha value is -2.78. The Balaban J connectivity index is 1.94. The molecular formula is C16H18N4O4S. The number of rotatable bonds is 7. The number of nitrogens with zero attached hydrogens (tertiary/aromatic N) is 1. The van der Waals surface area contributed by atoms with E-state index in [0.29, 0.717) is 21.4 Å². The first-order valence-electron chi connectivity index (χ1n) is 7.49. The molecule has 5 N–H and O–H groups in total. The normalized spacial score (nSPS) is 11.6. The molecule has 0 saturated heterocycles. The van der Waals surface area contributed by atoms with Gasteiger partial charge in [-0.2, -0.15) is 0 Å². The van der Waals surface area contributed by atoms with Crippen molar-refractivity contribution in [3.8, 4) is 0 Å². The lowest BCUT2D eigenvalue weighted by Crippen LogP contribution is -2.31. The molecule has 0 aliphatic rings. The molecule has 2 aromatic rings. The molecule has 0 fully saturated rings. The fourth-order valence-corrected chi connectivity index (χ4v) is 2.80. The summed E-state index contributed by atoms with van der Waals surface area (Å²) >= 11 is 1.13. The number of carboxylic acid groups (broad SMARTS) is 1. The van der Waals surface area contributed by atoms with Gasteiger partial charge in [0.1, 0.15) is 11.0 Å². The lowest BCUT2D eigenvalue weighted by molar-refractivity contribution is -0.138. The van der Waals surface area contributed by atoms with Crippen molar-refractivity contribution in [2.24, 2.45) is 5.73 Å². The quantitative estimate of drug-likeness (QED) is 0.593. The molecule has 2 amide bonds. The number of aromatic nitrogens is 1. The highest BCUT2D eigenvalue weighted by molar-refractivity contribution is 7.20. The first kappa shape index (κ1) is 18.6. The second kappa shape index (κ2) is 8.36. The van der Waals surface area contributed by atoms with Crippen LogP contribution < -0.4 is 16.4 Å². The topological polar surface area (TPSA) is 134 Å². The van der Waals surface area contributed by atoms with Crippen LogP contribution in [0.25, 0.3) is 0 Å². The molecule has 132 valence electrons. The summed E-state index contributed by atoms with van der Waals surface area (Å²) in [6, 6.07) is 7.66. The highest BCUT2D eigenvalue weighted by Crippen LogP contribution is 2.28. The number of carboxylic acids is 1. The number of aliphatic carboxylic acids is 1. The predicted octanol–water partition coefficient (Wildman–Crippen LogP) is 1.83. The van der Waals surface area contributed by atoms with Crippen molar-refractivity contribution in [1.82, 2.24) is 4.98 Å². The van der Waals surface area contributed by atoms with Gasteiger partial charge in [-0.15, -0.1) is 0 Å². The number of thiazole rings is 1. The van der Waals surface area contributed by atoms with Crippen LogP contribution in [0.2, 0.25) is 0 Å². The van der Waals surface area contributed by atoms with Crippen LogP contribution in [0, 0.1) is 6.92 Å². The Morgan fingerprint density at radius 2 is 1.92 bits per heavy atom. The second-order valence-corrected chi connectivity index (χ2v) is 6.28. The zero-order valence-corrected chi connectivity index (χ0v) is 14.3. The van der Waals surface area contributed by atoms with E-state index in [0.717, 1.165) is 11.3 Å². The fourth-order valence-electron chi connectivity index (χ4n) is 1.92. The summed E-state index contributed by atoms with van der Waals surface area (Å²) in [6.07, 6.45) is 0.000919. The van der Waals surface area contributed by atoms with Gasteiger partial charge in [0.25, 0.3) is 5.91 Å². The van der Waals surface area contributed by atoms with Gasteiger partial charge in [-0.3, -0.25) is 14.4 Å². The molecule has 0 spiro atoms. The number of hydrogen-bond acceptors (Lipinski definition) is 6. The molecule has 1 heterocycles. The number of anilines is 2. The van der Waals surface area contributed by atoms with Gasteiger partial charge in [0, 0.05) is 12.0 Å². The summed E-state index contributed by atoms with van der Waals surface area (Å²) in [5.41, 5.74) is 6.45. The lowest BCUT2D eigenvalue weighted by atomic mass is 10.1. The number of nitrogens with two attached hydrogens (primary N) is 1. The van der Waals surface area contributed by atoms with Crippen LogP contribution in [-0.4, -0.2) is 33.9 Å². The van der Waals surface area contributed by atoms with Crippen LogP contribution in [-0.2, 0) is 9.59 Å². The molecule has 2 rings (SSSR count). The van der Waals surface area contributed by atoms with E-state index in [1.165, 1.54) is 0 Å². The summed E-state index contributed by atoms with van der Waals surface area (Å²) in [6.45, 7) is 1.72. The maximum Gasteiger partial charge on any atom is 0.320 e. The van der Waals surface area contributed by atoms with Crippen molar-refractivity contribution < 1.29 is 19.5 Å². The summed E-state index contributed by atoms with van der Waals surface area (Å²) in [5, 5.41) is 14.9. The number of benzene rings is 1. The Kier molecular flexibility index (Phi) is 6.20. The predicted molar refractivity (Wildman–Crippen MR) is 94.7 cm³/mol. The van der Waals surface area contributed by atoms with E-state index in [1.807, 2.05) is 6.07 Å². The van der Waals surface area contributed by atoms with Crippen molar-refractivity contribution >= 4 is 39.3 Å². The maximum absolute atomic E-state index is 12.1. The Bertz CT molecular complexity index is 776. The van der Waals surface area contributed by atoms with Gasteiger partial charge in [-0.1, -0.05) is 29.5 Å². The van der Waals surface area contributed by atoms with Gasteiger partial charge in [0.2, 0.25) is 5.91 Å². The second-order valence-electron chi connectivity index (χ2n) is 5.29. The van der Waals surface area contributed by atoms with Crippen LogP contribution in [0.4, 0.5) is 10.1 Å². The zero-order valence-electron chi connectivity index (χ0n) is 13.5. The number of aryl methyl sites for hydroxylation is 1. The van der Waals surface area contributed by atoms with E-state index in [1.54, 1.807) is 31.2 Å². The van der Waals surface area contributed by atoms with E-state index in [4.69, 9.17) is 10.8 Å². The van der Waals surface area contributed by atoms with Crippen LogP contribution >= 0.6 is 11.3 Å². The first-order valence-corrected chi connectivity index (χ1v) is 8.30. The third-order valence-electron chi connectivity index (χ3n) is 3.31. The molecule has 0 saturated carbocycles. The molecule has 9 heteroatoms. The van der Waals surface area contributed by atoms with E-state index in [9.17, 15) is 14.4 Å². The Labute approximate surface area is 148 Å². The summed E-state index contributed by atoms with van der Waals surface area (Å²) < 4.78 is 0. The van der Waals surface area contributed by atoms with Gasteiger partial charge in [0.05, 0.1) is 5.69 Å².